The van der Waals surface area contributed by atoms with Crippen molar-refractivity contribution < 1.29 is 117 Å². The van der Waals surface area contributed by atoms with Crippen LogP contribution in [0.3, 0.4) is 0 Å². The normalized spacial score (nSPS) is 14.5. The van der Waals surface area contributed by atoms with Crippen molar-refractivity contribution in [3.63, 3.8) is 0 Å². The van der Waals surface area contributed by atoms with E-state index >= 15 is 0 Å². The molecule has 2 aromatic carbocycles. The second-order valence-electron chi connectivity index (χ2n) is 25.3. The van der Waals surface area contributed by atoms with Crippen LogP contribution in [0, 0.1) is 11.3 Å². The van der Waals surface area contributed by atoms with Crippen LogP contribution in [0.2, 0.25) is 0 Å². The van der Waals surface area contributed by atoms with E-state index in [1.165, 1.54) is 62.4 Å². The highest BCUT2D eigenvalue weighted by molar-refractivity contribution is 6.01. The smallest absolute Gasteiger partial charge is 0.303 e. The molecule has 0 aliphatic rings. The summed E-state index contributed by atoms with van der Waals surface area (Å²) in [5.41, 5.74) is 22.1. The van der Waals surface area contributed by atoms with E-state index in [1.54, 1.807) is 13.8 Å². The summed E-state index contributed by atoms with van der Waals surface area (Å²) in [6.07, 6.45) is -6.02. The zero-order chi connectivity index (χ0) is 81.8. The highest BCUT2D eigenvalue weighted by atomic mass is 16.4. The predicted octanol–water partition coefficient (Wildman–Crippen LogP) is -9.48. The van der Waals surface area contributed by atoms with Crippen molar-refractivity contribution in [1.29, 1.82) is 5.41 Å². The number of carboxylic acids is 2. The van der Waals surface area contributed by atoms with E-state index in [-0.39, 0.29) is 55.2 Å². The zero-order valence-corrected chi connectivity index (χ0v) is 59.9. The molecule has 0 saturated heterocycles. The molecule has 108 heavy (non-hydrogen) atoms. The van der Waals surface area contributed by atoms with E-state index in [4.69, 9.17) is 28.3 Å². The molecule has 29 N–H and O–H groups in total. The van der Waals surface area contributed by atoms with Crippen LogP contribution in [0.1, 0.15) is 110 Å². The van der Waals surface area contributed by atoms with Crippen LogP contribution < -0.4 is 97.4 Å². The number of guanidine groups is 1. The molecule has 0 aliphatic carbocycles. The van der Waals surface area contributed by atoms with Crippen LogP contribution in [0.5, 0.6) is 11.5 Å². The Kier molecular flexibility index (Phi) is 38.9. The third-order valence-corrected chi connectivity index (χ3v) is 15.6. The summed E-state index contributed by atoms with van der Waals surface area (Å²) < 4.78 is 0. The molecular formula is C65H97N19O24. The third kappa shape index (κ3) is 34.5. The van der Waals surface area contributed by atoms with Crippen molar-refractivity contribution in [3.05, 3.63) is 59.7 Å². The van der Waals surface area contributed by atoms with Crippen molar-refractivity contribution in [3.8, 4) is 11.5 Å². The predicted molar refractivity (Wildman–Crippen MR) is 375 cm³/mol. The first-order valence-corrected chi connectivity index (χ1v) is 33.6. The lowest BCUT2D eigenvalue weighted by molar-refractivity contribution is -0.140. The first-order valence-electron chi connectivity index (χ1n) is 33.6. The maximum Gasteiger partial charge on any atom is 0.303 e. The Balaban J connectivity index is 2.46. The number of aliphatic hydroxyl groups is 2. The van der Waals surface area contributed by atoms with Gasteiger partial charge in [-0.1, -0.05) is 38.1 Å². The number of carboxylic acid groups (broad SMARTS) is 2. The number of nitrogens with two attached hydrogens (primary N) is 4. The van der Waals surface area contributed by atoms with Crippen molar-refractivity contribution >= 4 is 112 Å². The number of phenolic OH excluding ortho intramolecular Hbond substituents is 2. The first kappa shape index (κ1) is 91.8. The molecule has 2 rings (SSSR count). The number of nitrogens with one attached hydrogen (secondary N) is 15. The van der Waals surface area contributed by atoms with E-state index < -0.39 is 249 Å². The Bertz CT molecular complexity index is 3570. The average Bonchev–Trinajstić information content (AvgIpc) is 0.850. The van der Waals surface area contributed by atoms with Crippen LogP contribution >= 0.6 is 0 Å². The number of aliphatic hydroxyl groups excluding tert-OH is 2. The number of hydrogen-bond acceptors (Lipinski definition) is 23. The van der Waals surface area contributed by atoms with Gasteiger partial charge >= 0.3 is 11.9 Å². The standard InChI is InChI=1S/C65H97N19O24/c1-29(2)22-42(59(103)73-30(3)53(97)72-31(4)55(99)80-44(24-35-11-15-37(89)16-12-35)61(105)79-41(52(68)96)25-48(66)90)81-62(106)45(26-49(67)91)83-56(100)38(8-7-21-71-65(69)70)76-54(98)32(5)74-60(104)43(23-34-9-13-36(88)14-10-34)82-58(102)40(18-20-51(94)95)77-57(101)39(17-19-50(92)93)78-64(108)47(28-86)84-63(107)46(27-85)75-33(6)87/h9-16,29-32,38-47,85-86,88-89H,7-8,17-28H2,1-6H3,(H2,66,90)(H2,67,91)(H2,68,96)(H,72,97)(H,73,103)(H,74,104)(H,75,87)(H,76,98)(H,77,101)(H,78,108)(H,79,105)(H,80,99)(H,81,106)(H,82,102)(H,83,100)(H,84,107)(H,92,93)(H,94,95)(H4,69,70,71)/t30-,31-,32-,38-,39-,40-,41-,42-,43-,44-,45-,46-,47-/m0/s1. The van der Waals surface area contributed by atoms with Gasteiger partial charge in [0.15, 0.2) is 5.96 Å². The average molecular weight is 1530 g/mol. The molecule has 0 fully saturated rings. The molecule has 0 unspecified atom stereocenters. The van der Waals surface area contributed by atoms with Crippen LogP contribution in [-0.2, 0) is 99.1 Å². The van der Waals surface area contributed by atoms with Gasteiger partial charge in [-0.2, -0.15) is 0 Å². The van der Waals surface area contributed by atoms with Gasteiger partial charge in [-0.15, -0.1) is 0 Å². The summed E-state index contributed by atoms with van der Waals surface area (Å²) >= 11 is 0. The molecule has 0 saturated carbocycles. The second kappa shape index (κ2) is 45.8. The molecule has 43 heteroatoms. The van der Waals surface area contributed by atoms with Gasteiger partial charge in [-0.25, -0.2) is 0 Å². The van der Waals surface area contributed by atoms with Crippen molar-refractivity contribution in [2.45, 2.75) is 191 Å². The topological polar surface area (TPSA) is 725 Å². The Morgan fingerprint density at radius 1 is 0.380 bits per heavy atom. The molecule has 596 valence electrons. The van der Waals surface area contributed by atoms with E-state index in [2.05, 4.69) is 69.1 Å². The summed E-state index contributed by atoms with van der Waals surface area (Å²) in [6, 6.07) is -11.4. The SMILES string of the molecule is CC(=O)N[C@@H](CO)C(=O)N[C@@H](CO)C(=O)N[C@@H](CCC(=O)O)C(=O)N[C@@H](CCC(=O)O)C(=O)N[C@@H](Cc1ccc(O)cc1)C(=O)N[C@@H](C)C(=O)N[C@@H](CCCNC(=N)N)C(=O)N[C@@H](CC(N)=O)C(=O)N[C@@H](CC(C)C)C(=O)N[C@@H](C)C(=O)N[C@@H](C)C(=O)N[C@@H](Cc1ccc(O)cc1)C(=O)N[C@@H](CC(N)=O)C(N)=O. The first-order chi connectivity index (χ1) is 50.5. The molecule has 16 amide bonds. The minimum atomic E-state index is -1.93. The molecule has 0 bridgehead atoms. The lowest BCUT2D eigenvalue weighted by Crippen LogP contribution is -2.61. The summed E-state index contributed by atoms with van der Waals surface area (Å²) in [5, 5.41) is 98.4. The summed E-state index contributed by atoms with van der Waals surface area (Å²) in [4.78, 5) is 237. The molecule has 2 aromatic rings. The molecule has 0 aromatic heterocycles. The maximum absolute atomic E-state index is 14.4. The lowest BCUT2D eigenvalue weighted by atomic mass is 10.0. The maximum atomic E-state index is 14.4. The molecule has 0 heterocycles. The van der Waals surface area contributed by atoms with Crippen molar-refractivity contribution in [2.75, 3.05) is 19.8 Å². The molecule has 0 radical (unpaired) electrons. The summed E-state index contributed by atoms with van der Waals surface area (Å²) in [7, 11) is 0. The van der Waals surface area contributed by atoms with Gasteiger partial charge in [0.25, 0.3) is 0 Å². The van der Waals surface area contributed by atoms with Gasteiger partial charge in [0.1, 0.15) is 90.0 Å². The van der Waals surface area contributed by atoms with Crippen molar-refractivity contribution in [1.82, 2.24) is 74.4 Å². The van der Waals surface area contributed by atoms with Crippen LogP contribution in [0.4, 0.5) is 0 Å². The van der Waals surface area contributed by atoms with E-state index in [0.717, 1.165) is 13.8 Å². The quantitative estimate of drug-likeness (QED) is 0.0166. The summed E-state index contributed by atoms with van der Waals surface area (Å²) in [5.74, 6) is -22.0. The minimum Gasteiger partial charge on any atom is -0.508 e. The van der Waals surface area contributed by atoms with Gasteiger partial charge in [0.05, 0.1) is 26.1 Å². The number of amides is 16. The van der Waals surface area contributed by atoms with Crippen LogP contribution in [0.25, 0.3) is 0 Å². The second-order valence-corrected chi connectivity index (χ2v) is 25.3. The number of carbonyl (C=O) groups excluding carboxylic acids is 16. The van der Waals surface area contributed by atoms with Gasteiger partial charge in [-0.3, -0.25) is 91.7 Å². The van der Waals surface area contributed by atoms with Gasteiger partial charge in [-0.05, 0) is 94.2 Å². The fourth-order valence-electron chi connectivity index (χ4n) is 9.86. The fraction of sp³-hybridized carbons (Fsp3) is 0.523. The van der Waals surface area contributed by atoms with E-state index in [9.17, 15) is 117 Å². The number of rotatable bonds is 48. The van der Waals surface area contributed by atoms with Crippen LogP contribution in [-0.4, -0.2) is 241 Å². The highest BCUT2D eigenvalue weighted by Crippen LogP contribution is 2.16. The lowest BCUT2D eigenvalue weighted by Gasteiger charge is -2.28. The number of carbonyl (C=O) groups is 18. The van der Waals surface area contributed by atoms with E-state index in [1.807, 2.05) is 5.32 Å². The summed E-state index contributed by atoms with van der Waals surface area (Å²) in [6.45, 7) is 5.64. The van der Waals surface area contributed by atoms with Gasteiger partial charge < -0.3 is 128 Å². The zero-order valence-electron chi connectivity index (χ0n) is 59.9. The molecule has 13 atom stereocenters. The Hall–Kier alpha value is -12.3. The van der Waals surface area contributed by atoms with Gasteiger partial charge in [0, 0.05) is 39.2 Å². The molecule has 0 spiro atoms. The molecule has 43 nitrogen and oxygen atoms in total. The number of hydrogen-bond donors (Lipinski definition) is 25. The number of primary amides is 3. The monoisotopic (exact) mass is 1530 g/mol. The fourth-order valence-corrected chi connectivity index (χ4v) is 9.86. The largest absolute Gasteiger partial charge is 0.508 e. The third-order valence-electron chi connectivity index (χ3n) is 15.6. The Labute approximate surface area is 617 Å². The van der Waals surface area contributed by atoms with Gasteiger partial charge in [0.2, 0.25) is 94.5 Å². The Morgan fingerprint density at radius 3 is 1.06 bits per heavy atom. The highest BCUT2D eigenvalue weighted by Gasteiger charge is 2.37. The number of aromatic hydroxyl groups is 2. The number of phenols is 2. The number of aliphatic carboxylic acids is 2. The van der Waals surface area contributed by atoms with Crippen molar-refractivity contribution in [2.24, 2.45) is 28.9 Å². The van der Waals surface area contributed by atoms with Crippen LogP contribution in [0.15, 0.2) is 48.5 Å². The Morgan fingerprint density at radius 2 is 0.676 bits per heavy atom. The van der Waals surface area contributed by atoms with E-state index in [0.29, 0.717) is 5.56 Å². The number of benzene rings is 2. The molecule has 0 aliphatic heterocycles. The minimum absolute atomic E-state index is 0.0598. The molecular weight excluding hydrogens is 1430 g/mol.